The highest BCUT2D eigenvalue weighted by Crippen LogP contribution is 2.34. The van der Waals surface area contributed by atoms with Crippen LogP contribution in [0.25, 0.3) is 10.2 Å². The van der Waals surface area contributed by atoms with Gasteiger partial charge in [0.2, 0.25) is 5.95 Å². The molecule has 2 aliphatic rings. The minimum atomic E-state index is -0.0162. The Morgan fingerprint density at radius 3 is 2.55 bits per heavy atom. The van der Waals surface area contributed by atoms with E-state index in [1.54, 1.807) is 15.9 Å². The Morgan fingerprint density at radius 1 is 1.09 bits per heavy atom. The molecule has 0 unspecified atom stereocenters. The number of nitrogens with zero attached hydrogens (tertiary/aromatic N) is 4. The van der Waals surface area contributed by atoms with Crippen molar-refractivity contribution in [2.24, 2.45) is 7.05 Å². The van der Waals surface area contributed by atoms with Gasteiger partial charge in [-0.3, -0.25) is 14.2 Å². The summed E-state index contributed by atoms with van der Waals surface area (Å²) < 4.78 is 7.38. The summed E-state index contributed by atoms with van der Waals surface area (Å²) in [6.07, 6.45) is 5.35. The van der Waals surface area contributed by atoms with Gasteiger partial charge in [-0.1, -0.05) is 19.1 Å². The molecule has 0 saturated carbocycles. The normalized spacial score (nSPS) is 16.2. The molecule has 1 aromatic carbocycles. The van der Waals surface area contributed by atoms with E-state index in [-0.39, 0.29) is 18.1 Å². The summed E-state index contributed by atoms with van der Waals surface area (Å²) in [5, 5.41) is 0.818. The Labute approximate surface area is 197 Å². The van der Waals surface area contributed by atoms with Crippen molar-refractivity contribution in [3.8, 4) is 5.75 Å². The second kappa shape index (κ2) is 9.17. The van der Waals surface area contributed by atoms with Gasteiger partial charge in [0.15, 0.2) is 6.61 Å². The lowest BCUT2D eigenvalue weighted by Crippen LogP contribution is -2.51. The summed E-state index contributed by atoms with van der Waals surface area (Å²) >= 11 is 1.68. The third-order valence-corrected chi connectivity index (χ3v) is 7.97. The van der Waals surface area contributed by atoms with Gasteiger partial charge >= 0.3 is 0 Å². The fourth-order valence-corrected chi connectivity index (χ4v) is 6.02. The van der Waals surface area contributed by atoms with E-state index in [2.05, 4.69) is 11.8 Å². The van der Waals surface area contributed by atoms with Crippen molar-refractivity contribution >= 4 is 33.4 Å². The van der Waals surface area contributed by atoms with Crippen LogP contribution >= 0.6 is 11.3 Å². The van der Waals surface area contributed by atoms with Gasteiger partial charge in [0, 0.05) is 38.1 Å². The van der Waals surface area contributed by atoms with E-state index in [1.807, 2.05) is 36.2 Å². The molecule has 1 fully saturated rings. The van der Waals surface area contributed by atoms with E-state index in [0.29, 0.717) is 37.9 Å². The Bertz CT molecular complexity index is 1220. The Kier molecular flexibility index (Phi) is 6.10. The van der Waals surface area contributed by atoms with Crippen LogP contribution in [-0.4, -0.2) is 53.1 Å². The van der Waals surface area contributed by atoms with Crippen molar-refractivity contribution in [1.29, 1.82) is 0 Å². The van der Waals surface area contributed by atoms with E-state index >= 15 is 0 Å². The van der Waals surface area contributed by atoms with Crippen LogP contribution in [0.5, 0.6) is 5.75 Å². The highest BCUT2D eigenvalue weighted by Gasteiger charge is 2.26. The number of piperazine rings is 1. The number of hydrogen-bond acceptors (Lipinski definition) is 6. The lowest BCUT2D eigenvalue weighted by atomic mass is 9.97. The number of aryl methyl sites for hydroxylation is 3. The summed E-state index contributed by atoms with van der Waals surface area (Å²) in [5.74, 6) is 1.40. The molecule has 0 spiro atoms. The smallest absolute Gasteiger partial charge is 0.263 e. The van der Waals surface area contributed by atoms with Gasteiger partial charge in [0.25, 0.3) is 11.5 Å². The van der Waals surface area contributed by atoms with Crippen molar-refractivity contribution < 1.29 is 9.53 Å². The summed E-state index contributed by atoms with van der Waals surface area (Å²) in [6.45, 7) is 4.62. The molecule has 0 N–H and O–H groups in total. The quantitative estimate of drug-likeness (QED) is 0.578. The number of hydrogen-bond donors (Lipinski definition) is 0. The molecule has 0 radical (unpaired) electrons. The van der Waals surface area contributed by atoms with Crippen LogP contribution in [0.3, 0.4) is 0 Å². The van der Waals surface area contributed by atoms with Crippen LogP contribution in [-0.2, 0) is 31.1 Å². The molecular formula is C25H30N4O3S. The Morgan fingerprint density at radius 2 is 1.82 bits per heavy atom. The number of aromatic nitrogens is 2. The zero-order valence-electron chi connectivity index (χ0n) is 19.3. The Hall–Kier alpha value is -2.87. The van der Waals surface area contributed by atoms with Gasteiger partial charge in [-0.25, -0.2) is 4.98 Å². The average Bonchev–Trinajstić information content (AvgIpc) is 3.24. The minimum Gasteiger partial charge on any atom is -0.484 e. The third kappa shape index (κ3) is 4.24. The molecule has 1 aliphatic heterocycles. The third-order valence-electron chi connectivity index (χ3n) is 6.78. The zero-order chi connectivity index (χ0) is 22.9. The zero-order valence-corrected chi connectivity index (χ0v) is 20.1. The van der Waals surface area contributed by atoms with Crippen LogP contribution in [0.15, 0.2) is 29.1 Å². The van der Waals surface area contributed by atoms with E-state index in [1.165, 1.54) is 22.4 Å². The predicted octanol–water partition coefficient (Wildman–Crippen LogP) is 3.16. The number of rotatable bonds is 5. The van der Waals surface area contributed by atoms with Crippen molar-refractivity contribution in [1.82, 2.24) is 14.5 Å². The molecule has 1 amide bonds. The topological polar surface area (TPSA) is 67.7 Å². The SMILES string of the molecule is CCc1ccc(OCC(=O)N2CCN(c3nc4sc5c(c4c(=O)n3C)CCCC5)CC2)cc1. The largest absolute Gasteiger partial charge is 0.484 e. The molecule has 8 heteroatoms. The number of thiophene rings is 1. The fraction of sp³-hybridized carbons (Fsp3) is 0.480. The van der Waals surface area contributed by atoms with E-state index in [4.69, 9.17) is 9.72 Å². The molecule has 0 bridgehead atoms. The molecule has 2 aromatic heterocycles. The second-order valence-electron chi connectivity index (χ2n) is 8.82. The highest BCUT2D eigenvalue weighted by molar-refractivity contribution is 7.18. The number of anilines is 1. The van der Waals surface area contributed by atoms with Crippen LogP contribution in [0.2, 0.25) is 0 Å². The van der Waals surface area contributed by atoms with E-state index in [9.17, 15) is 9.59 Å². The molecule has 7 nitrogen and oxygen atoms in total. The summed E-state index contributed by atoms with van der Waals surface area (Å²) in [7, 11) is 1.81. The fourth-order valence-electron chi connectivity index (χ4n) is 4.77. The van der Waals surface area contributed by atoms with Gasteiger partial charge in [0.1, 0.15) is 10.6 Å². The van der Waals surface area contributed by atoms with Crippen LogP contribution in [0.4, 0.5) is 5.95 Å². The van der Waals surface area contributed by atoms with Crippen molar-refractivity contribution in [2.75, 3.05) is 37.7 Å². The molecule has 174 valence electrons. The first-order valence-corrected chi connectivity index (χ1v) is 12.6. The first-order valence-electron chi connectivity index (χ1n) is 11.8. The average molecular weight is 467 g/mol. The number of ether oxygens (including phenoxy) is 1. The number of amides is 1. The van der Waals surface area contributed by atoms with Gasteiger partial charge < -0.3 is 14.5 Å². The highest BCUT2D eigenvalue weighted by atomic mass is 32.1. The molecular weight excluding hydrogens is 436 g/mol. The molecule has 1 aliphatic carbocycles. The molecule has 0 atom stereocenters. The first kappa shape index (κ1) is 21.9. The van der Waals surface area contributed by atoms with Crippen molar-refractivity contribution in [3.63, 3.8) is 0 Å². The van der Waals surface area contributed by atoms with Gasteiger partial charge in [-0.2, -0.15) is 0 Å². The van der Waals surface area contributed by atoms with Crippen molar-refractivity contribution in [3.05, 3.63) is 50.6 Å². The summed E-state index contributed by atoms with van der Waals surface area (Å²) in [6, 6.07) is 7.87. The van der Waals surface area contributed by atoms with Crippen LogP contribution < -0.4 is 15.2 Å². The predicted molar refractivity (Wildman–Crippen MR) is 132 cm³/mol. The maximum absolute atomic E-state index is 13.2. The maximum atomic E-state index is 13.2. The monoisotopic (exact) mass is 466 g/mol. The second-order valence-corrected chi connectivity index (χ2v) is 9.90. The number of benzene rings is 1. The lowest BCUT2D eigenvalue weighted by molar-refractivity contribution is -0.133. The molecule has 5 rings (SSSR count). The molecule has 3 heterocycles. The Balaban J connectivity index is 1.24. The lowest BCUT2D eigenvalue weighted by Gasteiger charge is -2.35. The molecule has 33 heavy (non-hydrogen) atoms. The van der Waals surface area contributed by atoms with E-state index in [0.717, 1.165) is 35.9 Å². The van der Waals surface area contributed by atoms with E-state index < -0.39 is 0 Å². The molecule has 1 saturated heterocycles. The van der Waals surface area contributed by atoms with Crippen molar-refractivity contribution in [2.45, 2.75) is 39.0 Å². The number of fused-ring (bicyclic) bond motifs is 3. The number of carbonyl (C=O) groups excluding carboxylic acids is 1. The first-order chi connectivity index (χ1) is 16.0. The van der Waals surface area contributed by atoms with Gasteiger partial charge in [0.05, 0.1) is 5.39 Å². The van der Waals surface area contributed by atoms with Gasteiger partial charge in [-0.05, 0) is 55.4 Å². The minimum absolute atomic E-state index is 0.0162. The molecule has 3 aromatic rings. The standard InChI is InChI=1S/C25H30N4O3S/c1-3-17-8-10-18(11-9-17)32-16-21(30)28-12-14-29(15-13-28)25-26-23-22(24(31)27(25)2)19-6-4-5-7-20(19)33-23/h8-11H,3-7,12-16H2,1-2H3. The van der Waals surface area contributed by atoms with Crippen LogP contribution in [0, 0.1) is 0 Å². The maximum Gasteiger partial charge on any atom is 0.263 e. The van der Waals surface area contributed by atoms with Gasteiger partial charge in [-0.15, -0.1) is 11.3 Å². The number of carbonyl (C=O) groups is 1. The summed E-state index contributed by atoms with van der Waals surface area (Å²) in [5.41, 5.74) is 2.52. The summed E-state index contributed by atoms with van der Waals surface area (Å²) in [4.78, 5) is 36.9. The van der Waals surface area contributed by atoms with Crippen LogP contribution in [0.1, 0.15) is 35.8 Å².